The highest BCUT2D eigenvalue weighted by atomic mass is 16.6. The van der Waals surface area contributed by atoms with Crippen molar-refractivity contribution in [2.24, 2.45) is 0 Å². The summed E-state index contributed by atoms with van der Waals surface area (Å²) in [4.78, 5) is 32.0. The topological polar surface area (TPSA) is 133 Å². The lowest BCUT2D eigenvalue weighted by molar-refractivity contribution is -0.385. The summed E-state index contributed by atoms with van der Waals surface area (Å²) < 4.78 is 1.38. The third kappa shape index (κ3) is 3.87. The summed E-state index contributed by atoms with van der Waals surface area (Å²) >= 11 is 0. The van der Waals surface area contributed by atoms with E-state index in [1.54, 1.807) is 6.92 Å². The van der Waals surface area contributed by atoms with Crippen LogP contribution in [0.3, 0.4) is 0 Å². The van der Waals surface area contributed by atoms with Crippen molar-refractivity contribution in [3.63, 3.8) is 0 Å². The molecule has 1 aromatic heterocycles. The smallest absolute Gasteiger partial charge is 0.309 e. The van der Waals surface area contributed by atoms with Gasteiger partial charge < -0.3 is 5.32 Å². The Bertz CT molecular complexity index is 753. The predicted molar refractivity (Wildman–Crippen MR) is 80.0 cm³/mol. The number of amides is 1. The van der Waals surface area contributed by atoms with Gasteiger partial charge in [-0.3, -0.25) is 29.7 Å². The molecule has 2 aromatic rings. The van der Waals surface area contributed by atoms with Crippen LogP contribution in [0.2, 0.25) is 0 Å². The van der Waals surface area contributed by atoms with Crippen LogP contribution in [0.1, 0.15) is 12.1 Å². The van der Waals surface area contributed by atoms with E-state index in [9.17, 15) is 25.0 Å². The molecule has 2 rings (SSSR count). The minimum atomic E-state index is -0.532. The normalized spacial score (nSPS) is 10.3. The maximum absolute atomic E-state index is 11.8. The highest BCUT2D eigenvalue weighted by molar-refractivity contribution is 5.90. The van der Waals surface area contributed by atoms with Crippen LogP contribution in [-0.2, 0) is 11.3 Å². The average Bonchev–Trinajstić information content (AvgIpc) is 2.87. The Morgan fingerprint density at radius 3 is 2.39 bits per heavy atom. The number of nitrogens with zero attached hydrogens (tertiary/aromatic N) is 4. The minimum absolute atomic E-state index is 0.0661. The van der Waals surface area contributed by atoms with Gasteiger partial charge in [-0.1, -0.05) is 0 Å². The fraction of sp³-hybridized carbons (Fsp3) is 0.231. The number of aryl methyl sites for hydroxylation is 1. The summed E-state index contributed by atoms with van der Waals surface area (Å²) in [6.45, 7) is 1.75. The molecule has 10 heteroatoms. The zero-order chi connectivity index (χ0) is 17.0. The van der Waals surface area contributed by atoms with Gasteiger partial charge in [0, 0.05) is 24.2 Å². The number of carbonyl (C=O) groups excluding carboxylic acids is 1. The van der Waals surface area contributed by atoms with Crippen molar-refractivity contribution in [1.29, 1.82) is 0 Å². The van der Waals surface area contributed by atoms with Gasteiger partial charge in [0.2, 0.25) is 5.91 Å². The molecule has 0 aliphatic heterocycles. The van der Waals surface area contributed by atoms with E-state index in [1.165, 1.54) is 28.9 Å². The first-order valence-electron chi connectivity index (χ1n) is 6.59. The van der Waals surface area contributed by atoms with Crippen molar-refractivity contribution in [2.75, 3.05) is 5.32 Å². The molecule has 0 aliphatic rings. The number of aromatic nitrogens is 2. The maximum atomic E-state index is 11.8. The van der Waals surface area contributed by atoms with Crippen molar-refractivity contribution in [3.8, 4) is 0 Å². The Kier molecular flexibility index (Phi) is 4.64. The molecule has 1 aromatic carbocycles. The molecule has 10 nitrogen and oxygen atoms in total. The minimum Gasteiger partial charge on any atom is -0.326 e. The summed E-state index contributed by atoms with van der Waals surface area (Å²) in [6.07, 6.45) is 1.21. The van der Waals surface area contributed by atoms with Gasteiger partial charge in [0.05, 0.1) is 16.4 Å². The van der Waals surface area contributed by atoms with Crippen molar-refractivity contribution in [3.05, 3.63) is 56.4 Å². The van der Waals surface area contributed by atoms with Gasteiger partial charge >= 0.3 is 5.69 Å². The summed E-state index contributed by atoms with van der Waals surface area (Å²) in [7, 11) is 0. The van der Waals surface area contributed by atoms with E-state index in [1.807, 2.05) is 0 Å². The van der Waals surface area contributed by atoms with Crippen LogP contribution in [0.15, 0.2) is 30.5 Å². The third-order valence-electron chi connectivity index (χ3n) is 3.19. The largest absolute Gasteiger partial charge is 0.326 e. The Labute approximate surface area is 130 Å². The molecule has 23 heavy (non-hydrogen) atoms. The fourth-order valence-electron chi connectivity index (χ4n) is 1.94. The summed E-state index contributed by atoms with van der Waals surface area (Å²) in [5.74, 6) is -0.323. The number of hydrogen-bond acceptors (Lipinski definition) is 6. The fourth-order valence-corrected chi connectivity index (χ4v) is 1.94. The van der Waals surface area contributed by atoms with E-state index in [2.05, 4.69) is 10.4 Å². The number of carbonyl (C=O) groups is 1. The van der Waals surface area contributed by atoms with Crippen LogP contribution < -0.4 is 5.32 Å². The second kappa shape index (κ2) is 6.64. The second-order valence-corrected chi connectivity index (χ2v) is 4.70. The number of hydrogen-bond donors (Lipinski definition) is 1. The van der Waals surface area contributed by atoms with E-state index in [-0.39, 0.29) is 30.2 Å². The molecule has 0 fully saturated rings. The number of anilines is 1. The molecular weight excluding hydrogens is 306 g/mol. The number of nitro benzene ring substituents is 1. The lowest BCUT2D eigenvalue weighted by atomic mass is 10.2. The van der Waals surface area contributed by atoms with Gasteiger partial charge in [-0.2, -0.15) is 5.10 Å². The van der Waals surface area contributed by atoms with Crippen LogP contribution in [-0.4, -0.2) is 25.5 Å². The highest BCUT2D eigenvalue weighted by Gasteiger charge is 2.16. The van der Waals surface area contributed by atoms with E-state index in [0.717, 1.165) is 6.20 Å². The molecule has 0 saturated carbocycles. The number of rotatable bonds is 6. The first kappa shape index (κ1) is 16.1. The summed E-state index contributed by atoms with van der Waals surface area (Å²) in [6, 6.07) is 5.44. The van der Waals surface area contributed by atoms with Gasteiger partial charge in [0.15, 0.2) is 0 Å². The molecule has 0 atom stereocenters. The molecule has 0 aliphatic carbocycles. The number of nitrogens with one attached hydrogen (secondary N) is 1. The lowest BCUT2D eigenvalue weighted by Gasteiger charge is -2.06. The average molecular weight is 319 g/mol. The molecule has 1 N–H and O–H groups in total. The van der Waals surface area contributed by atoms with Crippen molar-refractivity contribution in [1.82, 2.24) is 9.78 Å². The van der Waals surface area contributed by atoms with Gasteiger partial charge in [-0.15, -0.1) is 0 Å². The first-order valence-corrected chi connectivity index (χ1v) is 6.59. The molecule has 1 amide bonds. The van der Waals surface area contributed by atoms with E-state index < -0.39 is 9.85 Å². The van der Waals surface area contributed by atoms with Crippen LogP contribution in [0.5, 0.6) is 0 Å². The molecule has 0 unspecified atom stereocenters. The molecule has 1 heterocycles. The monoisotopic (exact) mass is 319 g/mol. The molecule has 0 radical (unpaired) electrons. The third-order valence-corrected chi connectivity index (χ3v) is 3.19. The second-order valence-electron chi connectivity index (χ2n) is 4.70. The highest BCUT2D eigenvalue weighted by Crippen LogP contribution is 2.17. The van der Waals surface area contributed by atoms with Crippen LogP contribution in [0.25, 0.3) is 0 Å². The van der Waals surface area contributed by atoms with Gasteiger partial charge in [0.1, 0.15) is 11.9 Å². The number of non-ortho nitro benzene ring substituents is 1. The molecule has 0 saturated heterocycles. The predicted octanol–water partition coefficient (Wildman–Crippen LogP) is 2.04. The quantitative estimate of drug-likeness (QED) is 0.639. The summed E-state index contributed by atoms with van der Waals surface area (Å²) in [5, 5.41) is 27.7. The SMILES string of the molecule is Cc1c([N+](=O)[O-])cnn1CCC(=O)Nc1ccc([N+](=O)[O-])cc1. The molecule has 120 valence electrons. The van der Waals surface area contributed by atoms with Crippen LogP contribution in [0, 0.1) is 27.2 Å². The maximum Gasteiger partial charge on any atom is 0.309 e. The lowest BCUT2D eigenvalue weighted by Crippen LogP contribution is -2.15. The van der Waals surface area contributed by atoms with E-state index in [0.29, 0.717) is 11.4 Å². The van der Waals surface area contributed by atoms with Crippen molar-refractivity contribution in [2.45, 2.75) is 19.9 Å². The van der Waals surface area contributed by atoms with E-state index in [4.69, 9.17) is 0 Å². The first-order chi connectivity index (χ1) is 10.9. The molecule has 0 bridgehead atoms. The van der Waals surface area contributed by atoms with Crippen LogP contribution >= 0.6 is 0 Å². The van der Waals surface area contributed by atoms with E-state index >= 15 is 0 Å². The molecular formula is C13H13N5O5. The summed E-state index contributed by atoms with van der Waals surface area (Å²) in [5.41, 5.74) is 0.644. The molecule has 0 spiro atoms. The van der Waals surface area contributed by atoms with Crippen LogP contribution in [0.4, 0.5) is 17.1 Å². The number of nitro groups is 2. The van der Waals surface area contributed by atoms with Crippen molar-refractivity contribution < 1.29 is 14.6 Å². The Balaban J connectivity index is 1.92. The standard InChI is InChI=1S/C13H13N5O5/c1-9-12(18(22)23)8-14-16(9)7-6-13(19)15-10-2-4-11(5-3-10)17(20)21/h2-5,8H,6-7H2,1H3,(H,15,19). The Morgan fingerprint density at radius 1 is 1.22 bits per heavy atom. The Hall–Kier alpha value is -3.30. The Morgan fingerprint density at radius 2 is 1.87 bits per heavy atom. The van der Waals surface area contributed by atoms with Gasteiger partial charge in [-0.05, 0) is 19.1 Å². The zero-order valence-corrected chi connectivity index (χ0v) is 12.1. The number of benzene rings is 1. The van der Waals surface area contributed by atoms with Gasteiger partial charge in [0.25, 0.3) is 5.69 Å². The zero-order valence-electron chi connectivity index (χ0n) is 12.1. The van der Waals surface area contributed by atoms with Gasteiger partial charge in [-0.25, -0.2) is 0 Å². The van der Waals surface area contributed by atoms with Crippen molar-refractivity contribution >= 4 is 23.0 Å².